The average Bonchev–Trinajstić information content (AvgIpc) is 2.52. The molecule has 1 saturated heterocycles. The van der Waals surface area contributed by atoms with Crippen molar-refractivity contribution in [2.75, 3.05) is 26.8 Å². The Morgan fingerprint density at radius 1 is 1.71 bits per heavy atom. The molecule has 0 amide bonds. The number of carboxylic acids is 1. The van der Waals surface area contributed by atoms with Crippen LogP contribution in [-0.2, 0) is 9.53 Å². The van der Waals surface area contributed by atoms with E-state index in [1.807, 2.05) is 6.92 Å². The van der Waals surface area contributed by atoms with Gasteiger partial charge in [0.15, 0.2) is 0 Å². The lowest BCUT2D eigenvalue weighted by molar-refractivity contribution is -0.138. The van der Waals surface area contributed by atoms with Gasteiger partial charge in [-0.1, -0.05) is 0 Å². The molecule has 82 valence electrons. The van der Waals surface area contributed by atoms with Crippen LogP contribution < -0.4 is 0 Å². The second-order valence-corrected chi connectivity index (χ2v) is 4.05. The molecule has 0 saturated carbocycles. The number of methoxy groups -OCH3 is 1. The molecule has 0 aliphatic carbocycles. The highest BCUT2D eigenvalue weighted by Crippen LogP contribution is 2.19. The summed E-state index contributed by atoms with van der Waals surface area (Å²) in [7, 11) is 1.71. The Morgan fingerprint density at radius 2 is 2.43 bits per heavy atom. The summed E-state index contributed by atoms with van der Waals surface area (Å²) in [5.74, 6) is -0.135. The number of hydrogen-bond acceptors (Lipinski definition) is 3. The van der Waals surface area contributed by atoms with Crippen molar-refractivity contribution in [2.24, 2.45) is 5.92 Å². The van der Waals surface area contributed by atoms with Gasteiger partial charge >= 0.3 is 5.97 Å². The fourth-order valence-electron chi connectivity index (χ4n) is 2.02. The standard InChI is InChI=1S/C10H19NO3/c1-8(5-10(12)13)11-4-3-9(6-11)7-14-2/h8-9H,3-7H2,1-2H3,(H,12,13). The third-order valence-corrected chi connectivity index (χ3v) is 2.81. The quantitative estimate of drug-likeness (QED) is 0.715. The van der Waals surface area contributed by atoms with E-state index in [4.69, 9.17) is 9.84 Å². The van der Waals surface area contributed by atoms with Crippen molar-refractivity contribution in [1.29, 1.82) is 0 Å². The van der Waals surface area contributed by atoms with E-state index in [9.17, 15) is 4.79 Å². The summed E-state index contributed by atoms with van der Waals surface area (Å²) in [5.41, 5.74) is 0. The molecule has 1 fully saturated rings. The van der Waals surface area contributed by atoms with Crippen LogP contribution in [0.4, 0.5) is 0 Å². The highest BCUT2D eigenvalue weighted by Gasteiger charge is 2.26. The molecular weight excluding hydrogens is 182 g/mol. The van der Waals surface area contributed by atoms with Gasteiger partial charge in [-0.3, -0.25) is 9.69 Å². The van der Waals surface area contributed by atoms with Gasteiger partial charge in [-0.05, 0) is 25.8 Å². The van der Waals surface area contributed by atoms with Gasteiger partial charge in [0.25, 0.3) is 0 Å². The lowest BCUT2D eigenvalue weighted by Crippen LogP contribution is -2.33. The molecule has 0 bridgehead atoms. The Kier molecular flexibility index (Phi) is 4.35. The van der Waals surface area contributed by atoms with Crippen LogP contribution in [0.25, 0.3) is 0 Å². The van der Waals surface area contributed by atoms with Crippen molar-refractivity contribution in [1.82, 2.24) is 4.90 Å². The van der Waals surface area contributed by atoms with E-state index in [2.05, 4.69) is 4.90 Å². The molecule has 1 aliphatic heterocycles. The number of ether oxygens (including phenoxy) is 1. The summed E-state index contributed by atoms with van der Waals surface area (Å²) in [6, 6.07) is 0.148. The Balaban J connectivity index is 2.30. The monoisotopic (exact) mass is 201 g/mol. The van der Waals surface area contributed by atoms with Crippen LogP contribution in [-0.4, -0.2) is 48.8 Å². The van der Waals surface area contributed by atoms with Crippen molar-refractivity contribution in [3.8, 4) is 0 Å². The third-order valence-electron chi connectivity index (χ3n) is 2.81. The minimum atomic E-state index is -0.715. The topological polar surface area (TPSA) is 49.8 Å². The Morgan fingerprint density at radius 3 is 3.00 bits per heavy atom. The van der Waals surface area contributed by atoms with Crippen LogP contribution in [0.1, 0.15) is 19.8 Å². The maximum absolute atomic E-state index is 10.5. The number of likely N-dealkylation sites (tertiary alicyclic amines) is 1. The van der Waals surface area contributed by atoms with Gasteiger partial charge in [0, 0.05) is 19.7 Å². The van der Waals surface area contributed by atoms with Crippen molar-refractivity contribution in [2.45, 2.75) is 25.8 Å². The van der Waals surface area contributed by atoms with Crippen LogP contribution in [0.15, 0.2) is 0 Å². The predicted molar refractivity (Wildman–Crippen MR) is 53.3 cm³/mol. The molecule has 4 heteroatoms. The summed E-state index contributed by atoms with van der Waals surface area (Å²) in [6.45, 7) is 4.74. The molecule has 1 aliphatic rings. The summed E-state index contributed by atoms with van der Waals surface area (Å²) in [6.07, 6.45) is 1.36. The highest BCUT2D eigenvalue weighted by atomic mass is 16.5. The van der Waals surface area contributed by atoms with Gasteiger partial charge in [-0.25, -0.2) is 0 Å². The number of nitrogens with zero attached hydrogens (tertiary/aromatic N) is 1. The molecule has 1 heterocycles. The first-order chi connectivity index (χ1) is 6.63. The second kappa shape index (κ2) is 5.32. The second-order valence-electron chi connectivity index (χ2n) is 4.05. The van der Waals surface area contributed by atoms with E-state index in [-0.39, 0.29) is 12.5 Å². The molecular formula is C10H19NO3. The molecule has 2 atom stereocenters. The van der Waals surface area contributed by atoms with Gasteiger partial charge in [-0.15, -0.1) is 0 Å². The zero-order valence-corrected chi connectivity index (χ0v) is 8.90. The van der Waals surface area contributed by atoms with E-state index in [0.717, 1.165) is 26.1 Å². The number of hydrogen-bond donors (Lipinski definition) is 1. The van der Waals surface area contributed by atoms with E-state index in [1.54, 1.807) is 7.11 Å². The number of aliphatic carboxylic acids is 1. The fourth-order valence-corrected chi connectivity index (χ4v) is 2.02. The molecule has 2 unspecified atom stereocenters. The lowest BCUT2D eigenvalue weighted by atomic mass is 10.1. The van der Waals surface area contributed by atoms with Crippen molar-refractivity contribution in [3.63, 3.8) is 0 Å². The van der Waals surface area contributed by atoms with E-state index in [1.165, 1.54) is 0 Å². The van der Waals surface area contributed by atoms with Gasteiger partial charge in [-0.2, -0.15) is 0 Å². The van der Waals surface area contributed by atoms with E-state index < -0.39 is 5.97 Å². The maximum Gasteiger partial charge on any atom is 0.304 e. The summed E-state index contributed by atoms with van der Waals surface area (Å²) < 4.78 is 5.09. The number of rotatable bonds is 5. The van der Waals surface area contributed by atoms with Crippen LogP contribution >= 0.6 is 0 Å². The SMILES string of the molecule is COCC1CCN(C(C)CC(=O)O)C1. The Bertz CT molecular complexity index is 196. The minimum absolute atomic E-state index is 0.148. The lowest BCUT2D eigenvalue weighted by Gasteiger charge is -2.22. The van der Waals surface area contributed by atoms with Gasteiger partial charge in [0.05, 0.1) is 13.0 Å². The summed E-state index contributed by atoms with van der Waals surface area (Å²) in [4.78, 5) is 12.8. The summed E-state index contributed by atoms with van der Waals surface area (Å²) in [5, 5.41) is 8.66. The molecule has 1 N–H and O–H groups in total. The van der Waals surface area contributed by atoms with Crippen LogP contribution in [0.3, 0.4) is 0 Å². The first kappa shape index (κ1) is 11.5. The minimum Gasteiger partial charge on any atom is -0.481 e. The largest absolute Gasteiger partial charge is 0.481 e. The Labute approximate surface area is 84.8 Å². The molecule has 0 aromatic carbocycles. The average molecular weight is 201 g/mol. The molecule has 1 rings (SSSR count). The normalized spacial score (nSPS) is 25.1. The summed E-state index contributed by atoms with van der Waals surface area (Å²) >= 11 is 0. The zero-order chi connectivity index (χ0) is 10.6. The van der Waals surface area contributed by atoms with Crippen molar-refractivity contribution >= 4 is 5.97 Å². The van der Waals surface area contributed by atoms with E-state index in [0.29, 0.717) is 5.92 Å². The zero-order valence-electron chi connectivity index (χ0n) is 8.90. The molecule has 4 nitrogen and oxygen atoms in total. The van der Waals surface area contributed by atoms with Crippen LogP contribution in [0, 0.1) is 5.92 Å². The van der Waals surface area contributed by atoms with Crippen molar-refractivity contribution in [3.05, 3.63) is 0 Å². The first-order valence-electron chi connectivity index (χ1n) is 5.08. The molecule has 0 radical (unpaired) electrons. The molecule has 14 heavy (non-hydrogen) atoms. The number of carboxylic acid groups (broad SMARTS) is 1. The predicted octanol–water partition coefficient (Wildman–Crippen LogP) is 0.818. The van der Waals surface area contributed by atoms with Crippen LogP contribution in [0.2, 0.25) is 0 Å². The molecule has 0 aromatic heterocycles. The Hall–Kier alpha value is -0.610. The fraction of sp³-hybridized carbons (Fsp3) is 0.900. The smallest absolute Gasteiger partial charge is 0.304 e. The van der Waals surface area contributed by atoms with E-state index >= 15 is 0 Å². The highest BCUT2D eigenvalue weighted by molar-refractivity contribution is 5.67. The maximum atomic E-state index is 10.5. The van der Waals surface area contributed by atoms with Crippen LogP contribution in [0.5, 0.6) is 0 Å². The molecule has 0 spiro atoms. The van der Waals surface area contributed by atoms with Gasteiger partial charge in [0.1, 0.15) is 0 Å². The van der Waals surface area contributed by atoms with Crippen molar-refractivity contribution < 1.29 is 14.6 Å². The van der Waals surface area contributed by atoms with Gasteiger partial charge < -0.3 is 9.84 Å². The molecule has 0 aromatic rings. The third kappa shape index (κ3) is 3.27. The van der Waals surface area contributed by atoms with Gasteiger partial charge in [0.2, 0.25) is 0 Å². The number of carbonyl (C=O) groups is 1. The first-order valence-corrected chi connectivity index (χ1v) is 5.08.